The number of carbonyl (C=O) groups excluding carboxylic acids is 2. The van der Waals surface area contributed by atoms with Gasteiger partial charge in [0.1, 0.15) is 11.5 Å². The molecular weight excluding hydrogens is 482 g/mol. The van der Waals surface area contributed by atoms with E-state index >= 15 is 0 Å². The number of nitro benzene ring substituents is 1. The monoisotopic (exact) mass is 497 g/mol. The number of esters is 1. The van der Waals surface area contributed by atoms with Crippen molar-refractivity contribution in [1.29, 1.82) is 0 Å². The smallest absolute Gasteiger partial charge is 0.343 e. The normalized spacial score (nSPS) is 10.6. The van der Waals surface area contributed by atoms with Crippen molar-refractivity contribution in [3.8, 4) is 11.5 Å². The SMILES string of the molecule is COc1ccc(Br)cc1C(=O)N/N=C\c1ccc(OC(=O)c2cccc([N+](=O)[O-])c2)cc1. The molecule has 1 amide bonds. The zero-order chi connectivity index (χ0) is 23.1. The summed E-state index contributed by atoms with van der Waals surface area (Å²) >= 11 is 3.31. The lowest BCUT2D eigenvalue weighted by Crippen LogP contribution is -2.18. The second kappa shape index (κ2) is 10.3. The number of hydrogen-bond donors (Lipinski definition) is 1. The molecule has 0 aromatic heterocycles. The lowest BCUT2D eigenvalue weighted by molar-refractivity contribution is -0.384. The fourth-order valence-corrected chi connectivity index (χ4v) is 2.98. The highest BCUT2D eigenvalue weighted by atomic mass is 79.9. The van der Waals surface area contributed by atoms with E-state index in [1.54, 1.807) is 30.3 Å². The first kappa shape index (κ1) is 22.6. The first-order valence-electron chi connectivity index (χ1n) is 9.11. The molecule has 0 aliphatic heterocycles. The lowest BCUT2D eigenvalue weighted by Gasteiger charge is -2.07. The zero-order valence-corrected chi connectivity index (χ0v) is 18.2. The summed E-state index contributed by atoms with van der Waals surface area (Å²) < 4.78 is 11.1. The molecule has 32 heavy (non-hydrogen) atoms. The molecule has 0 unspecified atom stereocenters. The van der Waals surface area contributed by atoms with Crippen LogP contribution in [-0.4, -0.2) is 30.1 Å². The van der Waals surface area contributed by atoms with Crippen LogP contribution in [0.3, 0.4) is 0 Å². The van der Waals surface area contributed by atoms with Gasteiger partial charge in [-0.2, -0.15) is 5.10 Å². The Hall–Kier alpha value is -4.05. The number of nitrogens with one attached hydrogen (secondary N) is 1. The van der Waals surface area contributed by atoms with Gasteiger partial charge < -0.3 is 9.47 Å². The fraction of sp³-hybridized carbons (Fsp3) is 0.0455. The molecule has 3 aromatic rings. The lowest BCUT2D eigenvalue weighted by atomic mass is 10.2. The minimum Gasteiger partial charge on any atom is -0.496 e. The molecule has 0 aliphatic rings. The van der Waals surface area contributed by atoms with E-state index < -0.39 is 16.8 Å². The molecule has 10 heteroatoms. The van der Waals surface area contributed by atoms with Gasteiger partial charge in [-0.05, 0) is 54.1 Å². The minimum atomic E-state index is -0.717. The van der Waals surface area contributed by atoms with Gasteiger partial charge in [-0.15, -0.1) is 0 Å². The Morgan fingerprint density at radius 2 is 1.84 bits per heavy atom. The molecule has 9 nitrogen and oxygen atoms in total. The molecule has 3 aromatic carbocycles. The van der Waals surface area contributed by atoms with Crippen molar-refractivity contribution in [2.75, 3.05) is 7.11 Å². The molecule has 162 valence electrons. The van der Waals surface area contributed by atoms with Gasteiger partial charge in [0.15, 0.2) is 0 Å². The van der Waals surface area contributed by atoms with Gasteiger partial charge in [-0.25, -0.2) is 10.2 Å². The molecule has 0 bridgehead atoms. The molecule has 3 rings (SSSR count). The van der Waals surface area contributed by atoms with E-state index in [0.29, 0.717) is 16.9 Å². The van der Waals surface area contributed by atoms with Gasteiger partial charge in [0.05, 0.1) is 29.4 Å². The summed E-state index contributed by atoms with van der Waals surface area (Å²) in [5, 5.41) is 14.8. The van der Waals surface area contributed by atoms with Crippen molar-refractivity contribution in [1.82, 2.24) is 5.43 Å². The average Bonchev–Trinajstić information content (AvgIpc) is 2.80. The maximum Gasteiger partial charge on any atom is 0.343 e. The molecule has 1 N–H and O–H groups in total. The number of non-ortho nitro benzene ring substituents is 1. The van der Waals surface area contributed by atoms with Crippen molar-refractivity contribution in [2.24, 2.45) is 5.10 Å². The molecule has 0 atom stereocenters. The molecule has 0 radical (unpaired) electrons. The van der Waals surface area contributed by atoms with Crippen molar-refractivity contribution in [3.05, 3.63) is 98.0 Å². The predicted octanol–water partition coefficient (Wildman–Crippen LogP) is 4.35. The van der Waals surface area contributed by atoms with Crippen LogP contribution >= 0.6 is 15.9 Å². The third-order valence-electron chi connectivity index (χ3n) is 4.17. The summed E-state index contributed by atoms with van der Waals surface area (Å²) in [6, 6.07) is 16.6. The van der Waals surface area contributed by atoms with Crippen LogP contribution < -0.4 is 14.9 Å². The van der Waals surface area contributed by atoms with Crippen LogP contribution in [0.1, 0.15) is 26.3 Å². The number of methoxy groups -OCH3 is 1. The van der Waals surface area contributed by atoms with Crippen molar-refractivity contribution >= 4 is 39.7 Å². The maximum absolute atomic E-state index is 12.3. The molecule has 0 heterocycles. The van der Waals surface area contributed by atoms with Gasteiger partial charge in [0, 0.05) is 16.6 Å². The number of hydrogen-bond acceptors (Lipinski definition) is 7. The van der Waals surface area contributed by atoms with Gasteiger partial charge >= 0.3 is 5.97 Å². The first-order valence-corrected chi connectivity index (χ1v) is 9.90. The second-order valence-electron chi connectivity index (χ2n) is 6.31. The van der Waals surface area contributed by atoms with E-state index in [0.717, 1.165) is 10.5 Å². The van der Waals surface area contributed by atoms with Crippen molar-refractivity contribution in [3.63, 3.8) is 0 Å². The van der Waals surface area contributed by atoms with E-state index in [1.165, 1.54) is 43.7 Å². The van der Waals surface area contributed by atoms with Gasteiger partial charge in [0.25, 0.3) is 11.6 Å². The molecule has 0 fully saturated rings. The number of nitro groups is 1. The average molecular weight is 498 g/mol. The number of benzene rings is 3. The van der Waals surface area contributed by atoms with Gasteiger partial charge in [-0.1, -0.05) is 22.0 Å². The fourth-order valence-electron chi connectivity index (χ4n) is 2.62. The van der Waals surface area contributed by atoms with Crippen LogP contribution in [0.15, 0.2) is 76.3 Å². The standard InChI is InChI=1S/C22H16BrN3O6/c1-31-20-10-7-16(23)12-19(20)21(27)25-24-13-14-5-8-18(9-6-14)32-22(28)15-3-2-4-17(11-15)26(29)30/h2-13H,1H3,(H,25,27)/b24-13-. The van der Waals surface area contributed by atoms with E-state index in [-0.39, 0.29) is 17.0 Å². The number of ether oxygens (including phenoxy) is 2. The topological polar surface area (TPSA) is 120 Å². The van der Waals surface area contributed by atoms with Gasteiger partial charge in [-0.3, -0.25) is 14.9 Å². The summed E-state index contributed by atoms with van der Waals surface area (Å²) in [6.45, 7) is 0. The molecule has 0 aliphatic carbocycles. The number of hydrazone groups is 1. The molecule has 0 saturated carbocycles. The highest BCUT2D eigenvalue weighted by molar-refractivity contribution is 9.10. The zero-order valence-electron chi connectivity index (χ0n) is 16.7. The van der Waals surface area contributed by atoms with E-state index in [9.17, 15) is 19.7 Å². The minimum absolute atomic E-state index is 0.0653. The van der Waals surface area contributed by atoms with Crippen LogP contribution in [0.25, 0.3) is 0 Å². The Morgan fingerprint density at radius 1 is 1.09 bits per heavy atom. The number of amides is 1. The molecule has 0 spiro atoms. The summed E-state index contributed by atoms with van der Waals surface area (Å²) in [4.78, 5) is 34.8. The summed E-state index contributed by atoms with van der Waals surface area (Å²) in [5.74, 6) is -0.496. The quantitative estimate of drug-likeness (QED) is 0.170. The highest BCUT2D eigenvalue weighted by Gasteiger charge is 2.14. The third-order valence-corrected chi connectivity index (χ3v) is 4.66. The highest BCUT2D eigenvalue weighted by Crippen LogP contribution is 2.23. The van der Waals surface area contributed by atoms with Crippen LogP contribution in [-0.2, 0) is 0 Å². The summed E-state index contributed by atoms with van der Waals surface area (Å²) in [5.41, 5.74) is 3.25. The number of halogens is 1. The van der Waals surface area contributed by atoms with Crippen molar-refractivity contribution in [2.45, 2.75) is 0 Å². The number of rotatable bonds is 7. The third kappa shape index (κ3) is 5.76. The Kier molecular flexibility index (Phi) is 7.29. The summed E-state index contributed by atoms with van der Waals surface area (Å²) in [6.07, 6.45) is 1.43. The Morgan fingerprint density at radius 3 is 2.53 bits per heavy atom. The van der Waals surface area contributed by atoms with E-state index in [4.69, 9.17) is 9.47 Å². The first-order chi connectivity index (χ1) is 15.4. The predicted molar refractivity (Wildman–Crippen MR) is 120 cm³/mol. The van der Waals surface area contributed by atoms with Gasteiger partial charge in [0.2, 0.25) is 0 Å². The van der Waals surface area contributed by atoms with Crippen LogP contribution in [0, 0.1) is 10.1 Å². The largest absolute Gasteiger partial charge is 0.496 e. The Balaban J connectivity index is 1.61. The maximum atomic E-state index is 12.3. The number of nitrogens with zero attached hydrogens (tertiary/aromatic N) is 2. The van der Waals surface area contributed by atoms with E-state index in [2.05, 4.69) is 26.5 Å². The molecule has 0 saturated heterocycles. The van der Waals surface area contributed by atoms with Crippen LogP contribution in [0.5, 0.6) is 11.5 Å². The van der Waals surface area contributed by atoms with E-state index in [1.807, 2.05) is 0 Å². The van der Waals surface area contributed by atoms with Crippen LogP contribution in [0.2, 0.25) is 0 Å². The molecular formula is C22H16BrN3O6. The Bertz CT molecular complexity index is 1190. The Labute approximate surface area is 190 Å². The number of carbonyl (C=O) groups is 2. The van der Waals surface area contributed by atoms with Crippen LogP contribution in [0.4, 0.5) is 5.69 Å². The van der Waals surface area contributed by atoms with Crippen molar-refractivity contribution < 1.29 is 24.0 Å². The summed E-state index contributed by atoms with van der Waals surface area (Å²) in [7, 11) is 1.47. The second-order valence-corrected chi connectivity index (χ2v) is 7.23.